The van der Waals surface area contributed by atoms with Crippen molar-refractivity contribution in [3.05, 3.63) is 62.7 Å². The van der Waals surface area contributed by atoms with Gasteiger partial charge < -0.3 is 5.32 Å². The number of halogens is 2. The fraction of sp³-hybridized carbons (Fsp3) is 0.300. The van der Waals surface area contributed by atoms with Gasteiger partial charge in [0.25, 0.3) is 0 Å². The molecule has 3 nitrogen and oxygen atoms in total. The topological polar surface area (TPSA) is 18.5 Å². The summed E-state index contributed by atoms with van der Waals surface area (Å²) in [5.74, 6) is 0. The predicted octanol–water partition coefficient (Wildman–Crippen LogP) is 6.22. The van der Waals surface area contributed by atoms with Gasteiger partial charge in [-0.05, 0) is 62.7 Å². The van der Waals surface area contributed by atoms with Gasteiger partial charge in [0.15, 0.2) is 0 Å². The number of nitrogens with one attached hydrogen (secondary N) is 1. The van der Waals surface area contributed by atoms with Gasteiger partial charge in [-0.25, -0.2) is 0 Å². The molecule has 25 heavy (non-hydrogen) atoms. The standard InChI is InChI=1S/C20H23Br2N3/c1-5-23-16-8-6-14(18(22)13-16)10-11-25-20(2,3)17-12-15(21)7-9-19(17)24(25)4/h6-13,23H,5H2,1-4H3/b11-10+. The zero-order valence-corrected chi connectivity index (χ0v) is 18.1. The van der Waals surface area contributed by atoms with Gasteiger partial charge in [-0.3, -0.25) is 10.0 Å². The Morgan fingerprint density at radius 1 is 1.12 bits per heavy atom. The van der Waals surface area contributed by atoms with Crippen LogP contribution in [0.4, 0.5) is 11.4 Å². The number of hydrogen-bond donors (Lipinski definition) is 1. The molecule has 132 valence electrons. The first-order chi connectivity index (χ1) is 11.8. The maximum absolute atomic E-state index is 3.68. The van der Waals surface area contributed by atoms with Gasteiger partial charge in [0, 0.05) is 40.0 Å². The number of hydrogen-bond acceptors (Lipinski definition) is 3. The van der Waals surface area contributed by atoms with Crippen LogP contribution in [0.2, 0.25) is 0 Å². The van der Waals surface area contributed by atoms with Gasteiger partial charge in [0.1, 0.15) is 0 Å². The Hall–Kier alpha value is -1.46. The minimum atomic E-state index is -0.111. The smallest absolute Gasteiger partial charge is 0.0821 e. The van der Waals surface area contributed by atoms with Crippen molar-refractivity contribution in [1.29, 1.82) is 0 Å². The summed E-state index contributed by atoms with van der Waals surface area (Å²) in [4.78, 5) is 0. The highest BCUT2D eigenvalue weighted by molar-refractivity contribution is 9.10. The minimum Gasteiger partial charge on any atom is -0.385 e. The molecule has 0 spiro atoms. The molecular weight excluding hydrogens is 442 g/mol. The third-order valence-electron chi connectivity index (χ3n) is 4.64. The molecule has 0 unspecified atom stereocenters. The Balaban J connectivity index is 1.89. The van der Waals surface area contributed by atoms with Crippen LogP contribution < -0.4 is 10.3 Å². The van der Waals surface area contributed by atoms with E-state index in [1.54, 1.807) is 0 Å². The molecule has 2 aromatic rings. The highest BCUT2D eigenvalue weighted by atomic mass is 79.9. The van der Waals surface area contributed by atoms with Crippen LogP contribution in [0.3, 0.4) is 0 Å². The summed E-state index contributed by atoms with van der Waals surface area (Å²) in [6.45, 7) is 7.51. The second-order valence-electron chi connectivity index (χ2n) is 6.67. The van der Waals surface area contributed by atoms with E-state index in [1.165, 1.54) is 11.3 Å². The Labute approximate surface area is 166 Å². The average molecular weight is 465 g/mol. The molecule has 0 amide bonds. The molecule has 3 rings (SSSR count). The average Bonchev–Trinajstić information content (AvgIpc) is 2.74. The number of hydrazine groups is 1. The van der Waals surface area contributed by atoms with Crippen LogP contribution in [0.1, 0.15) is 31.9 Å². The summed E-state index contributed by atoms with van der Waals surface area (Å²) < 4.78 is 2.20. The molecule has 1 aliphatic heterocycles. The van der Waals surface area contributed by atoms with E-state index in [1.807, 2.05) is 0 Å². The maximum atomic E-state index is 3.68. The van der Waals surface area contributed by atoms with Crippen LogP contribution in [0.25, 0.3) is 6.08 Å². The van der Waals surface area contributed by atoms with Crippen molar-refractivity contribution in [2.75, 3.05) is 23.9 Å². The predicted molar refractivity (Wildman–Crippen MR) is 115 cm³/mol. The van der Waals surface area contributed by atoms with Gasteiger partial charge in [-0.2, -0.15) is 0 Å². The third kappa shape index (κ3) is 3.44. The van der Waals surface area contributed by atoms with E-state index >= 15 is 0 Å². The van der Waals surface area contributed by atoms with E-state index < -0.39 is 0 Å². The van der Waals surface area contributed by atoms with E-state index in [9.17, 15) is 0 Å². The van der Waals surface area contributed by atoms with Crippen LogP contribution in [-0.2, 0) is 5.54 Å². The van der Waals surface area contributed by atoms with Crippen LogP contribution >= 0.6 is 31.9 Å². The molecule has 1 aliphatic rings. The molecule has 0 bridgehead atoms. The summed E-state index contributed by atoms with van der Waals surface area (Å²) in [6, 6.07) is 12.8. The third-order valence-corrected chi connectivity index (χ3v) is 5.82. The molecule has 0 radical (unpaired) electrons. The summed E-state index contributed by atoms with van der Waals surface area (Å²) in [7, 11) is 2.11. The Bertz CT molecular complexity index is 815. The lowest BCUT2D eigenvalue weighted by Crippen LogP contribution is -2.41. The van der Waals surface area contributed by atoms with Crippen LogP contribution in [-0.4, -0.2) is 18.6 Å². The maximum Gasteiger partial charge on any atom is 0.0821 e. The first-order valence-electron chi connectivity index (χ1n) is 8.39. The van der Waals surface area contributed by atoms with Gasteiger partial charge in [-0.1, -0.05) is 37.9 Å². The lowest BCUT2D eigenvalue weighted by Gasteiger charge is -2.35. The van der Waals surface area contributed by atoms with E-state index in [2.05, 4.69) is 124 Å². The molecule has 0 saturated heterocycles. The Morgan fingerprint density at radius 2 is 1.88 bits per heavy atom. The Kier molecular flexibility index (Phi) is 5.16. The fourth-order valence-electron chi connectivity index (χ4n) is 3.31. The first kappa shape index (κ1) is 18.3. The van der Waals surface area contributed by atoms with Crippen molar-refractivity contribution in [2.24, 2.45) is 0 Å². The molecule has 0 atom stereocenters. The van der Waals surface area contributed by atoms with Crippen molar-refractivity contribution >= 4 is 49.3 Å². The molecular formula is C20H23Br2N3. The van der Waals surface area contributed by atoms with Crippen LogP contribution in [0, 0.1) is 0 Å². The zero-order chi connectivity index (χ0) is 18.2. The molecule has 0 fully saturated rings. The van der Waals surface area contributed by atoms with Gasteiger partial charge in [0.05, 0.1) is 11.2 Å². The summed E-state index contributed by atoms with van der Waals surface area (Å²) in [5, 5.41) is 7.81. The fourth-order valence-corrected chi connectivity index (χ4v) is 4.18. The highest BCUT2D eigenvalue weighted by Crippen LogP contribution is 2.44. The zero-order valence-electron chi connectivity index (χ0n) is 15.0. The molecule has 1 heterocycles. The van der Waals surface area contributed by atoms with Gasteiger partial charge in [0.2, 0.25) is 0 Å². The summed E-state index contributed by atoms with van der Waals surface area (Å²) in [5.41, 5.74) is 4.72. The van der Waals surface area contributed by atoms with E-state index in [-0.39, 0.29) is 5.54 Å². The number of anilines is 2. The molecule has 0 aliphatic carbocycles. The summed E-state index contributed by atoms with van der Waals surface area (Å²) in [6.07, 6.45) is 4.31. The van der Waals surface area contributed by atoms with Crippen molar-refractivity contribution in [2.45, 2.75) is 26.3 Å². The van der Waals surface area contributed by atoms with Gasteiger partial charge >= 0.3 is 0 Å². The number of rotatable bonds is 4. The van der Waals surface area contributed by atoms with Crippen LogP contribution in [0.15, 0.2) is 51.5 Å². The normalized spacial score (nSPS) is 15.8. The van der Waals surface area contributed by atoms with Crippen molar-refractivity contribution in [3.8, 4) is 0 Å². The van der Waals surface area contributed by atoms with Gasteiger partial charge in [-0.15, -0.1) is 0 Å². The Morgan fingerprint density at radius 3 is 2.56 bits per heavy atom. The molecule has 5 heteroatoms. The molecule has 0 aromatic heterocycles. The number of benzene rings is 2. The van der Waals surface area contributed by atoms with E-state index in [0.717, 1.165) is 26.7 Å². The highest BCUT2D eigenvalue weighted by Gasteiger charge is 2.39. The quantitative estimate of drug-likeness (QED) is 0.579. The lowest BCUT2D eigenvalue weighted by atomic mass is 9.94. The van der Waals surface area contributed by atoms with E-state index in [0.29, 0.717) is 0 Å². The second kappa shape index (κ2) is 7.04. The molecule has 2 aromatic carbocycles. The second-order valence-corrected chi connectivity index (χ2v) is 8.44. The molecule has 1 N–H and O–H groups in total. The SMILES string of the molecule is CCNc1ccc(/C=C/N2N(C)c3ccc(Br)cc3C2(C)C)c(Br)c1. The summed E-state index contributed by atoms with van der Waals surface area (Å²) >= 11 is 7.27. The van der Waals surface area contributed by atoms with Crippen LogP contribution in [0.5, 0.6) is 0 Å². The van der Waals surface area contributed by atoms with Crippen molar-refractivity contribution in [1.82, 2.24) is 5.01 Å². The first-order valence-corrected chi connectivity index (χ1v) is 9.98. The lowest BCUT2D eigenvalue weighted by molar-refractivity contribution is 0.207. The van der Waals surface area contributed by atoms with Crippen molar-refractivity contribution < 1.29 is 0 Å². The molecule has 0 saturated carbocycles. The van der Waals surface area contributed by atoms with E-state index in [4.69, 9.17) is 0 Å². The minimum absolute atomic E-state index is 0.111. The largest absolute Gasteiger partial charge is 0.385 e. The number of nitrogens with zero attached hydrogens (tertiary/aromatic N) is 2. The monoisotopic (exact) mass is 463 g/mol. The van der Waals surface area contributed by atoms with Crippen molar-refractivity contribution in [3.63, 3.8) is 0 Å². The number of fused-ring (bicyclic) bond motifs is 1.